The normalized spacial score (nSPS) is 9.80. The Kier molecular flexibility index (Phi) is 3.70. The van der Waals surface area contributed by atoms with Crippen molar-refractivity contribution in [2.24, 2.45) is 0 Å². The zero-order valence-corrected chi connectivity index (χ0v) is 9.22. The molecule has 0 amide bonds. The second-order valence-corrected chi connectivity index (χ2v) is 4.11. The standard InChI is InChI=1S/C8H8BrI/c9-5-4-7-2-1-3-8(10)6-7/h1-3,6H,4-5H2. The van der Waals surface area contributed by atoms with E-state index in [1.54, 1.807) is 0 Å². The molecule has 0 heterocycles. The first-order chi connectivity index (χ1) is 4.83. The van der Waals surface area contributed by atoms with E-state index in [0.717, 1.165) is 11.8 Å². The lowest BCUT2D eigenvalue weighted by Crippen LogP contribution is -1.84. The smallest absolute Gasteiger partial charge is 0.0133 e. The van der Waals surface area contributed by atoms with Gasteiger partial charge in [0.05, 0.1) is 0 Å². The number of benzene rings is 1. The van der Waals surface area contributed by atoms with E-state index in [0.29, 0.717) is 0 Å². The lowest BCUT2D eigenvalue weighted by Gasteiger charge is -1.96. The summed E-state index contributed by atoms with van der Waals surface area (Å²) in [4.78, 5) is 0. The van der Waals surface area contributed by atoms with Crippen LogP contribution in [-0.4, -0.2) is 5.33 Å². The Morgan fingerprint density at radius 1 is 1.40 bits per heavy atom. The molecule has 0 saturated heterocycles. The average molecular weight is 311 g/mol. The van der Waals surface area contributed by atoms with Crippen molar-refractivity contribution in [2.45, 2.75) is 6.42 Å². The third-order valence-electron chi connectivity index (χ3n) is 1.27. The number of hydrogen-bond acceptors (Lipinski definition) is 0. The van der Waals surface area contributed by atoms with Crippen LogP contribution < -0.4 is 0 Å². The van der Waals surface area contributed by atoms with Gasteiger partial charge < -0.3 is 0 Å². The molecular weight excluding hydrogens is 303 g/mol. The molecule has 0 atom stereocenters. The van der Waals surface area contributed by atoms with Crippen molar-refractivity contribution in [3.63, 3.8) is 0 Å². The molecule has 0 fully saturated rings. The predicted molar refractivity (Wildman–Crippen MR) is 56.7 cm³/mol. The summed E-state index contributed by atoms with van der Waals surface area (Å²) in [5.74, 6) is 0. The molecule has 0 aliphatic rings. The monoisotopic (exact) mass is 310 g/mol. The summed E-state index contributed by atoms with van der Waals surface area (Å²) in [7, 11) is 0. The molecule has 54 valence electrons. The first-order valence-electron chi connectivity index (χ1n) is 3.13. The summed E-state index contributed by atoms with van der Waals surface area (Å²) < 4.78 is 1.32. The van der Waals surface area contributed by atoms with Crippen molar-refractivity contribution in [3.05, 3.63) is 33.4 Å². The maximum Gasteiger partial charge on any atom is 0.0133 e. The molecule has 0 aromatic heterocycles. The van der Waals surface area contributed by atoms with Crippen LogP contribution in [0.5, 0.6) is 0 Å². The zero-order valence-electron chi connectivity index (χ0n) is 5.48. The molecular formula is C8H8BrI. The Labute approximate surface area is 83.3 Å². The van der Waals surface area contributed by atoms with Crippen molar-refractivity contribution in [1.29, 1.82) is 0 Å². The van der Waals surface area contributed by atoms with Crippen molar-refractivity contribution in [2.75, 3.05) is 5.33 Å². The van der Waals surface area contributed by atoms with Crippen LogP contribution in [0.1, 0.15) is 5.56 Å². The molecule has 0 radical (unpaired) electrons. The Balaban J connectivity index is 2.75. The summed E-state index contributed by atoms with van der Waals surface area (Å²) in [6.45, 7) is 0. The van der Waals surface area contributed by atoms with Crippen LogP contribution in [0.2, 0.25) is 0 Å². The molecule has 1 rings (SSSR count). The highest BCUT2D eigenvalue weighted by atomic mass is 127. The van der Waals surface area contributed by atoms with E-state index in [2.05, 4.69) is 62.8 Å². The van der Waals surface area contributed by atoms with Gasteiger partial charge in [0.1, 0.15) is 0 Å². The summed E-state index contributed by atoms with van der Waals surface area (Å²) >= 11 is 5.74. The largest absolute Gasteiger partial charge is 0.0924 e. The van der Waals surface area contributed by atoms with Gasteiger partial charge in [0.15, 0.2) is 0 Å². The highest BCUT2D eigenvalue weighted by Crippen LogP contribution is 2.08. The highest BCUT2D eigenvalue weighted by Gasteiger charge is 1.90. The molecule has 0 spiro atoms. The van der Waals surface area contributed by atoms with Crippen LogP contribution in [0.15, 0.2) is 24.3 Å². The molecule has 10 heavy (non-hydrogen) atoms. The molecule has 0 bridgehead atoms. The number of halogens is 2. The SMILES string of the molecule is BrCCc1cccc(I)c1. The third-order valence-corrected chi connectivity index (χ3v) is 2.34. The molecule has 0 nitrogen and oxygen atoms in total. The lowest BCUT2D eigenvalue weighted by atomic mass is 10.2. The van der Waals surface area contributed by atoms with E-state index in [1.165, 1.54) is 9.13 Å². The maximum atomic E-state index is 3.41. The second-order valence-electron chi connectivity index (χ2n) is 2.07. The first kappa shape index (κ1) is 8.53. The van der Waals surface area contributed by atoms with Gasteiger partial charge in [-0.2, -0.15) is 0 Å². The summed E-state index contributed by atoms with van der Waals surface area (Å²) in [5.41, 5.74) is 1.41. The second kappa shape index (κ2) is 4.34. The van der Waals surface area contributed by atoms with Crippen LogP contribution in [0, 0.1) is 3.57 Å². The van der Waals surface area contributed by atoms with E-state index >= 15 is 0 Å². The van der Waals surface area contributed by atoms with E-state index < -0.39 is 0 Å². The molecule has 0 aliphatic carbocycles. The van der Waals surface area contributed by atoms with Crippen molar-refractivity contribution in [1.82, 2.24) is 0 Å². The molecule has 0 aliphatic heterocycles. The Morgan fingerprint density at radius 3 is 2.80 bits per heavy atom. The van der Waals surface area contributed by atoms with Crippen molar-refractivity contribution >= 4 is 38.5 Å². The summed E-state index contributed by atoms with van der Waals surface area (Å²) in [6.07, 6.45) is 1.12. The van der Waals surface area contributed by atoms with Gasteiger partial charge >= 0.3 is 0 Å². The van der Waals surface area contributed by atoms with E-state index in [1.807, 2.05) is 0 Å². The van der Waals surface area contributed by atoms with Gasteiger partial charge in [0.25, 0.3) is 0 Å². The lowest BCUT2D eigenvalue weighted by molar-refractivity contribution is 1.16. The molecule has 1 aromatic carbocycles. The number of rotatable bonds is 2. The summed E-state index contributed by atoms with van der Waals surface area (Å²) in [5, 5.41) is 1.05. The van der Waals surface area contributed by atoms with Gasteiger partial charge in [-0.15, -0.1) is 0 Å². The average Bonchev–Trinajstić information content (AvgIpc) is 1.88. The van der Waals surface area contributed by atoms with Gasteiger partial charge in [-0.05, 0) is 46.7 Å². The number of alkyl halides is 1. The minimum absolute atomic E-state index is 1.05. The fourth-order valence-electron chi connectivity index (χ4n) is 0.802. The quantitative estimate of drug-likeness (QED) is 0.581. The zero-order chi connectivity index (χ0) is 7.40. The molecule has 2 heteroatoms. The van der Waals surface area contributed by atoms with Crippen molar-refractivity contribution in [3.8, 4) is 0 Å². The van der Waals surface area contributed by atoms with Gasteiger partial charge in [-0.25, -0.2) is 0 Å². The summed E-state index contributed by atoms with van der Waals surface area (Å²) in [6, 6.07) is 8.57. The maximum absolute atomic E-state index is 3.41. The van der Waals surface area contributed by atoms with Crippen LogP contribution in [-0.2, 0) is 6.42 Å². The van der Waals surface area contributed by atoms with Crippen LogP contribution in [0.3, 0.4) is 0 Å². The Morgan fingerprint density at radius 2 is 2.20 bits per heavy atom. The van der Waals surface area contributed by atoms with Crippen LogP contribution in [0.4, 0.5) is 0 Å². The Hall–Kier alpha value is 0.430. The molecule has 0 N–H and O–H groups in total. The van der Waals surface area contributed by atoms with Gasteiger partial charge in [-0.1, -0.05) is 28.1 Å². The fourth-order valence-corrected chi connectivity index (χ4v) is 1.87. The molecule has 1 aromatic rings. The van der Waals surface area contributed by atoms with E-state index in [9.17, 15) is 0 Å². The third kappa shape index (κ3) is 2.58. The minimum Gasteiger partial charge on any atom is -0.0924 e. The Bertz CT molecular complexity index is 210. The van der Waals surface area contributed by atoms with E-state index in [-0.39, 0.29) is 0 Å². The van der Waals surface area contributed by atoms with E-state index in [4.69, 9.17) is 0 Å². The van der Waals surface area contributed by atoms with Crippen LogP contribution >= 0.6 is 38.5 Å². The minimum atomic E-state index is 1.05. The van der Waals surface area contributed by atoms with Gasteiger partial charge in [0, 0.05) is 8.90 Å². The van der Waals surface area contributed by atoms with Crippen LogP contribution in [0.25, 0.3) is 0 Å². The first-order valence-corrected chi connectivity index (χ1v) is 5.33. The number of aryl methyl sites for hydroxylation is 1. The number of hydrogen-bond donors (Lipinski definition) is 0. The molecule has 0 unspecified atom stereocenters. The predicted octanol–water partition coefficient (Wildman–Crippen LogP) is 3.23. The van der Waals surface area contributed by atoms with Gasteiger partial charge in [-0.3, -0.25) is 0 Å². The van der Waals surface area contributed by atoms with Crippen molar-refractivity contribution < 1.29 is 0 Å². The molecule has 0 saturated carbocycles. The fraction of sp³-hybridized carbons (Fsp3) is 0.250. The van der Waals surface area contributed by atoms with Gasteiger partial charge in [0.2, 0.25) is 0 Å². The highest BCUT2D eigenvalue weighted by molar-refractivity contribution is 14.1. The topological polar surface area (TPSA) is 0 Å².